The fourth-order valence-electron chi connectivity index (χ4n) is 2.10. The van der Waals surface area contributed by atoms with E-state index in [1.54, 1.807) is 0 Å². The highest BCUT2D eigenvalue weighted by Crippen LogP contribution is 2.06. The number of amides is 1. The molecule has 2 N–H and O–H groups in total. The van der Waals surface area contributed by atoms with Gasteiger partial charge in [-0.25, -0.2) is 0 Å². The summed E-state index contributed by atoms with van der Waals surface area (Å²) in [5.74, 6) is 0.416. The SMILES string of the molecule is CCCN(CC)CCNC(=O)C1CCNC1.Cl.Cl. The van der Waals surface area contributed by atoms with E-state index < -0.39 is 0 Å². The number of hydrogen-bond acceptors (Lipinski definition) is 3. The quantitative estimate of drug-likeness (QED) is 0.744. The molecule has 1 heterocycles. The van der Waals surface area contributed by atoms with Gasteiger partial charge in [-0.05, 0) is 32.5 Å². The van der Waals surface area contributed by atoms with Crippen LogP contribution in [0.2, 0.25) is 0 Å². The van der Waals surface area contributed by atoms with Crippen LogP contribution in [-0.2, 0) is 4.79 Å². The fraction of sp³-hybridized carbons (Fsp3) is 0.917. The lowest BCUT2D eigenvalue weighted by Crippen LogP contribution is -2.38. The van der Waals surface area contributed by atoms with Crippen molar-refractivity contribution in [2.75, 3.05) is 39.3 Å². The first-order valence-corrected chi connectivity index (χ1v) is 6.48. The predicted molar refractivity (Wildman–Crippen MR) is 80.9 cm³/mol. The van der Waals surface area contributed by atoms with Crippen LogP contribution in [0.25, 0.3) is 0 Å². The van der Waals surface area contributed by atoms with Crippen molar-refractivity contribution in [2.24, 2.45) is 5.92 Å². The van der Waals surface area contributed by atoms with E-state index in [2.05, 4.69) is 29.4 Å². The number of rotatable bonds is 7. The summed E-state index contributed by atoms with van der Waals surface area (Å²) in [6, 6.07) is 0. The van der Waals surface area contributed by atoms with Crippen LogP contribution in [0.1, 0.15) is 26.7 Å². The van der Waals surface area contributed by atoms with Gasteiger partial charge in [0.1, 0.15) is 0 Å². The third-order valence-electron chi connectivity index (χ3n) is 3.15. The molecule has 6 heteroatoms. The Morgan fingerprint density at radius 3 is 2.56 bits per heavy atom. The van der Waals surface area contributed by atoms with E-state index in [0.29, 0.717) is 0 Å². The standard InChI is InChI=1S/C12H25N3O.2ClH/c1-3-8-15(4-2)9-7-14-12(16)11-5-6-13-10-11;;/h11,13H,3-10H2,1-2H3,(H,14,16);2*1H. The van der Waals surface area contributed by atoms with Crippen LogP contribution in [0.3, 0.4) is 0 Å². The van der Waals surface area contributed by atoms with Crippen LogP contribution in [0, 0.1) is 5.92 Å². The molecule has 4 nitrogen and oxygen atoms in total. The van der Waals surface area contributed by atoms with Gasteiger partial charge >= 0.3 is 0 Å². The van der Waals surface area contributed by atoms with E-state index in [9.17, 15) is 4.79 Å². The number of halogens is 2. The molecule has 110 valence electrons. The lowest BCUT2D eigenvalue weighted by molar-refractivity contribution is -0.124. The van der Waals surface area contributed by atoms with Crippen LogP contribution in [0.5, 0.6) is 0 Å². The highest BCUT2D eigenvalue weighted by Gasteiger charge is 2.21. The molecular weight excluding hydrogens is 273 g/mol. The minimum absolute atomic E-state index is 0. The lowest BCUT2D eigenvalue weighted by atomic mass is 10.1. The second-order valence-electron chi connectivity index (χ2n) is 4.42. The molecule has 1 unspecified atom stereocenters. The Hall–Kier alpha value is -0.0300. The molecule has 0 spiro atoms. The number of nitrogens with zero attached hydrogens (tertiary/aromatic N) is 1. The van der Waals surface area contributed by atoms with Gasteiger partial charge in [-0.1, -0.05) is 13.8 Å². The number of nitrogens with one attached hydrogen (secondary N) is 2. The maximum absolute atomic E-state index is 11.7. The summed E-state index contributed by atoms with van der Waals surface area (Å²) in [4.78, 5) is 14.1. The van der Waals surface area contributed by atoms with E-state index in [4.69, 9.17) is 0 Å². The molecule has 1 fully saturated rings. The van der Waals surface area contributed by atoms with Crippen LogP contribution in [0.4, 0.5) is 0 Å². The fourth-order valence-corrected chi connectivity index (χ4v) is 2.10. The van der Waals surface area contributed by atoms with Crippen molar-refractivity contribution < 1.29 is 4.79 Å². The molecule has 1 aliphatic heterocycles. The van der Waals surface area contributed by atoms with Crippen molar-refractivity contribution in [3.8, 4) is 0 Å². The molecule has 1 rings (SSSR count). The largest absolute Gasteiger partial charge is 0.355 e. The topological polar surface area (TPSA) is 44.4 Å². The van der Waals surface area contributed by atoms with Crippen molar-refractivity contribution in [1.82, 2.24) is 15.5 Å². The number of hydrogen-bond donors (Lipinski definition) is 2. The molecule has 1 saturated heterocycles. The molecule has 0 saturated carbocycles. The van der Waals surface area contributed by atoms with Crippen molar-refractivity contribution in [2.45, 2.75) is 26.7 Å². The maximum atomic E-state index is 11.7. The van der Waals surface area contributed by atoms with E-state index >= 15 is 0 Å². The summed E-state index contributed by atoms with van der Waals surface area (Å²) in [5, 5.41) is 6.24. The summed E-state index contributed by atoms with van der Waals surface area (Å²) in [6.07, 6.45) is 2.16. The Morgan fingerprint density at radius 2 is 2.06 bits per heavy atom. The summed E-state index contributed by atoms with van der Waals surface area (Å²) in [7, 11) is 0. The Bertz CT molecular complexity index is 211. The van der Waals surface area contributed by atoms with Gasteiger partial charge in [-0.3, -0.25) is 4.79 Å². The molecule has 0 aromatic carbocycles. The first kappa shape index (κ1) is 20.3. The Balaban J connectivity index is 0. The molecule has 1 atom stereocenters. The van der Waals surface area contributed by atoms with Crippen molar-refractivity contribution >= 4 is 30.7 Å². The van der Waals surface area contributed by atoms with Crippen molar-refractivity contribution in [1.29, 1.82) is 0 Å². The summed E-state index contributed by atoms with van der Waals surface area (Å²) >= 11 is 0. The molecule has 0 radical (unpaired) electrons. The monoisotopic (exact) mass is 299 g/mol. The number of likely N-dealkylation sites (N-methyl/N-ethyl adjacent to an activating group) is 1. The third kappa shape index (κ3) is 7.41. The molecule has 1 amide bonds. The molecule has 18 heavy (non-hydrogen) atoms. The van der Waals surface area contributed by atoms with Crippen LogP contribution >= 0.6 is 24.8 Å². The minimum Gasteiger partial charge on any atom is -0.355 e. The minimum atomic E-state index is 0. The smallest absolute Gasteiger partial charge is 0.224 e. The average Bonchev–Trinajstić information content (AvgIpc) is 2.81. The van der Waals surface area contributed by atoms with Gasteiger partial charge in [-0.2, -0.15) is 0 Å². The predicted octanol–water partition coefficient (Wildman–Crippen LogP) is 1.29. The molecule has 0 aromatic heterocycles. The zero-order valence-electron chi connectivity index (χ0n) is 11.4. The third-order valence-corrected chi connectivity index (χ3v) is 3.15. The average molecular weight is 300 g/mol. The van der Waals surface area contributed by atoms with E-state index in [1.807, 2.05) is 0 Å². The molecule has 0 bridgehead atoms. The van der Waals surface area contributed by atoms with Crippen molar-refractivity contribution in [3.63, 3.8) is 0 Å². The zero-order valence-corrected chi connectivity index (χ0v) is 13.0. The Kier molecular flexibility index (Phi) is 13.6. The first-order valence-electron chi connectivity index (χ1n) is 6.48. The molecular formula is C12H27Cl2N3O. The van der Waals surface area contributed by atoms with Crippen LogP contribution in [0.15, 0.2) is 0 Å². The van der Waals surface area contributed by atoms with E-state index in [-0.39, 0.29) is 36.6 Å². The lowest BCUT2D eigenvalue weighted by Gasteiger charge is -2.20. The normalized spacial score (nSPS) is 18.1. The Morgan fingerprint density at radius 1 is 1.33 bits per heavy atom. The molecule has 0 aromatic rings. The van der Waals surface area contributed by atoms with Crippen molar-refractivity contribution in [3.05, 3.63) is 0 Å². The van der Waals surface area contributed by atoms with Gasteiger partial charge in [0.05, 0.1) is 5.92 Å². The summed E-state index contributed by atoms with van der Waals surface area (Å²) in [5.41, 5.74) is 0. The highest BCUT2D eigenvalue weighted by molar-refractivity contribution is 5.85. The van der Waals surface area contributed by atoms with Gasteiger partial charge in [0.25, 0.3) is 0 Å². The van der Waals surface area contributed by atoms with Crippen LogP contribution < -0.4 is 10.6 Å². The van der Waals surface area contributed by atoms with Crippen LogP contribution in [-0.4, -0.2) is 50.1 Å². The van der Waals surface area contributed by atoms with Gasteiger partial charge in [0.2, 0.25) is 5.91 Å². The zero-order chi connectivity index (χ0) is 11.8. The summed E-state index contributed by atoms with van der Waals surface area (Å²) < 4.78 is 0. The van der Waals surface area contributed by atoms with Gasteiger partial charge < -0.3 is 15.5 Å². The van der Waals surface area contributed by atoms with Gasteiger partial charge in [0.15, 0.2) is 0 Å². The van der Waals surface area contributed by atoms with E-state index in [1.165, 1.54) is 6.42 Å². The maximum Gasteiger partial charge on any atom is 0.224 e. The molecule has 1 aliphatic rings. The van der Waals surface area contributed by atoms with E-state index in [0.717, 1.165) is 45.7 Å². The number of carbonyl (C=O) groups excluding carboxylic acids is 1. The van der Waals surface area contributed by atoms with Gasteiger partial charge in [0, 0.05) is 19.6 Å². The first-order chi connectivity index (χ1) is 7.77. The summed E-state index contributed by atoms with van der Waals surface area (Å²) in [6.45, 7) is 10.1. The Labute approximate surface area is 123 Å². The molecule has 0 aliphatic carbocycles. The number of carbonyl (C=O) groups is 1. The second kappa shape index (κ2) is 12.0. The highest BCUT2D eigenvalue weighted by atomic mass is 35.5. The van der Waals surface area contributed by atoms with Gasteiger partial charge in [-0.15, -0.1) is 24.8 Å². The second-order valence-corrected chi connectivity index (χ2v) is 4.42.